The number of carbonyl (C=O) groups is 4. The molecule has 11 heteroatoms. The smallest absolute Gasteiger partial charge is 0.306 e. The molecular weight excluding hydrogens is 408 g/mol. The Morgan fingerprint density at radius 3 is 2.35 bits per heavy atom. The molecule has 0 atom stereocenters. The summed E-state index contributed by atoms with van der Waals surface area (Å²) in [4.78, 5) is 57.1. The first-order valence-corrected chi connectivity index (χ1v) is 9.19. The number of nitro groups is 1. The van der Waals surface area contributed by atoms with Crippen molar-refractivity contribution >= 4 is 35.1 Å². The molecule has 162 valence electrons. The van der Waals surface area contributed by atoms with Crippen LogP contribution in [0, 0.1) is 10.1 Å². The van der Waals surface area contributed by atoms with Crippen LogP contribution < -0.4 is 16.2 Å². The van der Waals surface area contributed by atoms with Crippen LogP contribution in [0.1, 0.15) is 29.6 Å². The van der Waals surface area contributed by atoms with Crippen LogP contribution in [0.25, 0.3) is 0 Å². The van der Waals surface area contributed by atoms with Crippen molar-refractivity contribution in [2.75, 3.05) is 11.9 Å². The lowest BCUT2D eigenvalue weighted by Gasteiger charge is -2.08. The monoisotopic (exact) mass is 428 g/mol. The van der Waals surface area contributed by atoms with Crippen LogP contribution in [0.5, 0.6) is 0 Å². The predicted molar refractivity (Wildman–Crippen MR) is 109 cm³/mol. The van der Waals surface area contributed by atoms with Crippen molar-refractivity contribution < 1.29 is 28.8 Å². The third-order valence-electron chi connectivity index (χ3n) is 3.84. The van der Waals surface area contributed by atoms with Crippen LogP contribution >= 0.6 is 0 Å². The summed E-state index contributed by atoms with van der Waals surface area (Å²) in [5.41, 5.74) is 4.78. The van der Waals surface area contributed by atoms with Gasteiger partial charge in [0.1, 0.15) is 0 Å². The van der Waals surface area contributed by atoms with Crippen molar-refractivity contribution in [3.63, 3.8) is 0 Å². The molecule has 0 fully saturated rings. The molecule has 2 rings (SSSR count). The zero-order chi connectivity index (χ0) is 22.6. The Labute approximate surface area is 176 Å². The maximum Gasteiger partial charge on any atom is 0.306 e. The minimum absolute atomic E-state index is 0.0167. The molecule has 3 amide bonds. The summed E-state index contributed by atoms with van der Waals surface area (Å²) in [6, 6.07) is 13.7. The molecule has 3 N–H and O–H groups in total. The van der Waals surface area contributed by atoms with Gasteiger partial charge in [-0.05, 0) is 24.6 Å². The van der Waals surface area contributed by atoms with E-state index in [-0.39, 0.29) is 30.6 Å². The topological polar surface area (TPSA) is 157 Å². The van der Waals surface area contributed by atoms with E-state index >= 15 is 0 Å². The van der Waals surface area contributed by atoms with Gasteiger partial charge in [0.15, 0.2) is 6.61 Å². The predicted octanol–water partition coefficient (Wildman–Crippen LogP) is 1.71. The Bertz CT molecular complexity index is 963. The van der Waals surface area contributed by atoms with E-state index in [0.717, 1.165) is 0 Å². The highest BCUT2D eigenvalue weighted by atomic mass is 16.6. The third kappa shape index (κ3) is 8.31. The van der Waals surface area contributed by atoms with Gasteiger partial charge in [-0.3, -0.25) is 40.1 Å². The van der Waals surface area contributed by atoms with Crippen molar-refractivity contribution in [2.45, 2.75) is 19.3 Å². The molecule has 0 aliphatic rings. The van der Waals surface area contributed by atoms with Crippen molar-refractivity contribution in [3.8, 4) is 0 Å². The Kier molecular flexibility index (Phi) is 8.65. The van der Waals surface area contributed by atoms with Gasteiger partial charge >= 0.3 is 5.97 Å². The number of nitro benzene ring substituents is 1. The number of hydrazine groups is 1. The molecule has 0 heterocycles. The van der Waals surface area contributed by atoms with E-state index in [1.165, 1.54) is 24.3 Å². The summed E-state index contributed by atoms with van der Waals surface area (Å²) in [5.74, 6) is -2.35. The number of hydrogen-bond acceptors (Lipinski definition) is 7. The van der Waals surface area contributed by atoms with Gasteiger partial charge in [0.05, 0.1) is 4.92 Å². The van der Waals surface area contributed by atoms with Gasteiger partial charge < -0.3 is 10.1 Å². The zero-order valence-corrected chi connectivity index (χ0v) is 16.3. The Hall–Kier alpha value is -4.28. The molecule has 31 heavy (non-hydrogen) atoms. The molecule has 2 aromatic rings. The van der Waals surface area contributed by atoms with E-state index in [1.807, 2.05) is 0 Å². The maximum absolute atomic E-state index is 11.9. The molecule has 0 radical (unpaired) electrons. The average molecular weight is 428 g/mol. The molecular formula is C20H20N4O7. The number of carbonyl (C=O) groups excluding carboxylic acids is 4. The number of nitrogens with one attached hydrogen (secondary N) is 3. The van der Waals surface area contributed by atoms with Gasteiger partial charge in [-0.25, -0.2) is 0 Å². The minimum Gasteiger partial charge on any atom is -0.455 e. The van der Waals surface area contributed by atoms with E-state index in [2.05, 4.69) is 16.2 Å². The Morgan fingerprint density at radius 2 is 1.65 bits per heavy atom. The number of amides is 3. The molecule has 0 unspecified atom stereocenters. The second kappa shape index (κ2) is 11.7. The highest BCUT2D eigenvalue weighted by Crippen LogP contribution is 2.17. The van der Waals surface area contributed by atoms with Crippen molar-refractivity contribution in [2.24, 2.45) is 0 Å². The first-order chi connectivity index (χ1) is 14.8. The summed E-state index contributed by atoms with van der Waals surface area (Å²) < 4.78 is 4.78. The summed E-state index contributed by atoms with van der Waals surface area (Å²) in [7, 11) is 0. The Balaban J connectivity index is 1.61. The van der Waals surface area contributed by atoms with Gasteiger partial charge in [-0.2, -0.15) is 0 Å². The molecule has 11 nitrogen and oxygen atoms in total. The first kappa shape index (κ1) is 23.0. The summed E-state index contributed by atoms with van der Waals surface area (Å²) in [6.45, 7) is -0.590. The molecule has 0 aliphatic heterocycles. The lowest BCUT2D eigenvalue weighted by molar-refractivity contribution is -0.384. The van der Waals surface area contributed by atoms with Crippen LogP contribution in [-0.2, 0) is 19.1 Å². The van der Waals surface area contributed by atoms with Crippen LogP contribution in [0.15, 0.2) is 54.6 Å². The van der Waals surface area contributed by atoms with Crippen molar-refractivity contribution in [3.05, 3.63) is 70.3 Å². The van der Waals surface area contributed by atoms with Crippen LogP contribution in [0.3, 0.4) is 0 Å². The number of esters is 1. The van der Waals surface area contributed by atoms with Crippen molar-refractivity contribution in [1.82, 2.24) is 10.9 Å². The van der Waals surface area contributed by atoms with Crippen LogP contribution in [-0.4, -0.2) is 35.2 Å². The summed E-state index contributed by atoms with van der Waals surface area (Å²) >= 11 is 0. The highest BCUT2D eigenvalue weighted by molar-refractivity contribution is 5.95. The molecule has 0 saturated carbocycles. The lowest BCUT2D eigenvalue weighted by atomic mass is 10.2. The average Bonchev–Trinajstić information content (AvgIpc) is 2.76. The molecule has 2 aromatic carbocycles. The largest absolute Gasteiger partial charge is 0.455 e. The second-order valence-corrected chi connectivity index (χ2v) is 6.24. The van der Waals surface area contributed by atoms with Gasteiger partial charge in [0, 0.05) is 36.2 Å². The molecule has 0 bridgehead atoms. The van der Waals surface area contributed by atoms with E-state index in [0.29, 0.717) is 5.56 Å². The zero-order valence-electron chi connectivity index (χ0n) is 16.3. The van der Waals surface area contributed by atoms with Gasteiger partial charge in [-0.15, -0.1) is 0 Å². The molecule has 0 aromatic heterocycles. The normalized spacial score (nSPS) is 9.94. The highest BCUT2D eigenvalue weighted by Gasteiger charge is 2.12. The van der Waals surface area contributed by atoms with Gasteiger partial charge in [0.25, 0.3) is 17.5 Å². The van der Waals surface area contributed by atoms with Gasteiger partial charge in [0.2, 0.25) is 5.91 Å². The SMILES string of the molecule is O=C(COC(=O)CCCC(=O)Nc1cccc([N+](=O)[O-])c1)NNC(=O)c1ccccc1. The maximum atomic E-state index is 11.9. The summed E-state index contributed by atoms with van der Waals surface area (Å²) in [5, 5.41) is 13.2. The third-order valence-corrected chi connectivity index (χ3v) is 3.84. The fourth-order valence-corrected chi connectivity index (χ4v) is 2.36. The second-order valence-electron chi connectivity index (χ2n) is 6.24. The fraction of sp³-hybridized carbons (Fsp3) is 0.200. The summed E-state index contributed by atoms with van der Waals surface area (Å²) in [6.07, 6.45) is 0.0368. The molecule has 0 spiro atoms. The molecule has 0 saturated heterocycles. The number of ether oxygens (including phenoxy) is 1. The lowest BCUT2D eigenvalue weighted by Crippen LogP contribution is -2.43. The number of nitrogens with zero attached hydrogens (tertiary/aromatic N) is 1. The van der Waals surface area contributed by atoms with Crippen molar-refractivity contribution in [1.29, 1.82) is 0 Å². The van der Waals surface area contributed by atoms with E-state index in [1.54, 1.807) is 30.3 Å². The molecule has 0 aliphatic carbocycles. The van der Waals surface area contributed by atoms with Crippen LogP contribution in [0.2, 0.25) is 0 Å². The number of rotatable bonds is 9. The first-order valence-electron chi connectivity index (χ1n) is 9.19. The van der Waals surface area contributed by atoms with E-state index in [9.17, 15) is 29.3 Å². The number of benzene rings is 2. The fourth-order valence-electron chi connectivity index (χ4n) is 2.36. The quantitative estimate of drug-likeness (QED) is 0.312. The number of hydrogen-bond donors (Lipinski definition) is 3. The standard InChI is InChI=1S/C20H20N4O7/c25-17(21-15-8-4-9-16(12-15)24(29)30)10-5-11-19(27)31-13-18(26)22-23-20(28)14-6-2-1-3-7-14/h1-4,6-9,12H,5,10-11,13H2,(H,21,25)(H,22,26)(H,23,28). The van der Waals surface area contributed by atoms with E-state index < -0.39 is 35.2 Å². The Morgan fingerprint density at radius 1 is 0.903 bits per heavy atom. The van der Waals surface area contributed by atoms with Crippen LogP contribution in [0.4, 0.5) is 11.4 Å². The van der Waals surface area contributed by atoms with Gasteiger partial charge in [-0.1, -0.05) is 24.3 Å². The van der Waals surface area contributed by atoms with E-state index in [4.69, 9.17) is 4.74 Å². The minimum atomic E-state index is -0.721. The number of non-ortho nitro benzene ring substituents is 1. The number of anilines is 1.